The molecule has 0 heterocycles. The highest BCUT2D eigenvalue weighted by Crippen LogP contribution is 2.02. The predicted octanol–water partition coefficient (Wildman–Crippen LogP) is 2.24. The number of hydrogen-bond acceptors (Lipinski definition) is 3. The van der Waals surface area contributed by atoms with Crippen molar-refractivity contribution in [2.24, 2.45) is 0 Å². The van der Waals surface area contributed by atoms with Crippen LogP contribution in [-0.4, -0.2) is 16.6 Å². The Bertz CT molecular complexity index is 163. The monoisotopic (exact) mass is 188 g/mol. The number of benzene rings is 1. The number of rotatable bonds is 1. The topological polar surface area (TPSA) is 20.2 Å². The maximum absolute atomic E-state index is 8.63. The van der Waals surface area contributed by atoms with Crippen LogP contribution in [0.3, 0.4) is 0 Å². The van der Waals surface area contributed by atoms with Crippen LogP contribution in [0.25, 0.3) is 0 Å². The van der Waals surface area contributed by atoms with E-state index in [9.17, 15) is 0 Å². The summed E-state index contributed by atoms with van der Waals surface area (Å²) in [6, 6.07) is 8.71. The van der Waals surface area contributed by atoms with Crippen molar-refractivity contribution in [2.45, 2.75) is 0 Å². The molecule has 0 atom stereocenters. The van der Waals surface area contributed by atoms with Gasteiger partial charge in [-0.05, 0) is 23.6 Å². The zero-order chi connectivity index (χ0) is 8.53. The van der Waals surface area contributed by atoms with Crippen LogP contribution in [0.5, 0.6) is 5.75 Å². The van der Waals surface area contributed by atoms with Crippen molar-refractivity contribution in [1.82, 2.24) is 0 Å². The van der Waals surface area contributed by atoms with Crippen molar-refractivity contribution < 1.29 is 5.11 Å². The summed E-state index contributed by atoms with van der Waals surface area (Å²) in [7, 11) is 0. The van der Waals surface area contributed by atoms with Crippen LogP contribution in [-0.2, 0) is 0 Å². The third kappa shape index (κ3) is 7.62. The molecule has 62 valence electrons. The summed E-state index contributed by atoms with van der Waals surface area (Å²) in [5.74, 6) is 2.08. The van der Waals surface area contributed by atoms with E-state index in [0.29, 0.717) is 5.75 Å². The van der Waals surface area contributed by atoms with Crippen molar-refractivity contribution in [1.29, 1.82) is 0 Å². The molecule has 0 bridgehead atoms. The highest BCUT2D eigenvalue weighted by Gasteiger charge is 1.74. The van der Waals surface area contributed by atoms with E-state index in [1.807, 2.05) is 6.07 Å². The minimum Gasteiger partial charge on any atom is -0.508 e. The van der Waals surface area contributed by atoms with E-state index in [1.165, 1.54) is 0 Å². The molecule has 1 aromatic carbocycles. The van der Waals surface area contributed by atoms with Crippen molar-refractivity contribution in [3.8, 4) is 5.75 Å². The van der Waals surface area contributed by atoms with Crippen LogP contribution in [0.15, 0.2) is 30.3 Å². The Morgan fingerprint density at radius 3 is 1.64 bits per heavy atom. The van der Waals surface area contributed by atoms with Gasteiger partial charge in [-0.1, -0.05) is 18.2 Å². The van der Waals surface area contributed by atoms with Gasteiger partial charge >= 0.3 is 0 Å². The molecule has 1 nitrogen and oxygen atoms in total. The molecule has 0 fully saturated rings. The zero-order valence-electron chi connectivity index (χ0n) is 6.14. The van der Waals surface area contributed by atoms with E-state index < -0.39 is 0 Å². The molecule has 0 saturated carbocycles. The van der Waals surface area contributed by atoms with E-state index in [-0.39, 0.29) is 0 Å². The van der Waals surface area contributed by atoms with Crippen LogP contribution in [0.4, 0.5) is 0 Å². The van der Waals surface area contributed by atoms with Crippen LogP contribution >= 0.6 is 25.3 Å². The predicted molar refractivity (Wildman–Crippen MR) is 55.8 cm³/mol. The van der Waals surface area contributed by atoms with Gasteiger partial charge in [-0.2, -0.15) is 25.3 Å². The molecule has 11 heavy (non-hydrogen) atoms. The van der Waals surface area contributed by atoms with Crippen molar-refractivity contribution >= 4 is 25.3 Å². The van der Waals surface area contributed by atoms with E-state index >= 15 is 0 Å². The lowest BCUT2D eigenvalue weighted by molar-refractivity contribution is 0.475. The quantitative estimate of drug-likeness (QED) is 0.577. The summed E-state index contributed by atoms with van der Waals surface area (Å²) in [5, 5.41) is 8.63. The van der Waals surface area contributed by atoms with Crippen LogP contribution < -0.4 is 0 Å². The Hall–Kier alpha value is -0.280. The van der Waals surface area contributed by atoms with Gasteiger partial charge in [0.2, 0.25) is 0 Å². The second kappa shape index (κ2) is 7.82. The second-order valence-corrected chi connectivity index (χ2v) is 2.68. The van der Waals surface area contributed by atoms with Gasteiger partial charge < -0.3 is 5.11 Å². The molecule has 1 N–H and O–H groups in total. The third-order valence-electron chi connectivity index (χ3n) is 0.856. The molecule has 0 unspecified atom stereocenters. The summed E-state index contributed by atoms with van der Waals surface area (Å²) in [6.07, 6.45) is 0. The Morgan fingerprint density at radius 1 is 1.00 bits per heavy atom. The molecule has 3 heteroatoms. The van der Waals surface area contributed by atoms with E-state index in [2.05, 4.69) is 25.3 Å². The number of thiol groups is 2. The highest BCUT2D eigenvalue weighted by atomic mass is 32.1. The van der Waals surface area contributed by atoms with Gasteiger partial charge in [0.1, 0.15) is 5.75 Å². The molecule has 1 aromatic rings. The molecule has 0 amide bonds. The maximum Gasteiger partial charge on any atom is 0.115 e. The van der Waals surface area contributed by atoms with E-state index in [4.69, 9.17) is 5.11 Å². The lowest BCUT2D eigenvalue weighted by atomic mass is 10.3. The van der Waals surface area contributed by atoms with Crippen molar-refractivity contribution in [3.63, 3.8) is 0 Å². The van der Waals surface area contributed by atoms with Crippen LogP contribution in [0.1, 0.15) is 0 Å². The Kier molecular flexibility index (Phi) is 7.62. The molecule has 0 aromatic heterocycles. The average molecular weight is 188 g/mol. The molecule has 1 rings (SSSR count). The molecular weight excluding hydrogens is 176 g/mol. The normalized spacial score (nSPS) is 8.18. The Balaban J connectivity index is 0.000000218. The number of phenolic OH excluding ortho intramolecular Hbond substituents is 1. The average Bonchev–Trinajstić information content (AvgIpc) is 2.07. The number of phenols is 1. The lowest BCUT2D eigenvalue weighted by Gasteiger charge is -1.82. The minimum atomic E-state index is 0.322. The smallest absolute Gasteiger partial charge is 0.115 e. The first-order valence-corrected chi connectivity index (χ1v) is 4.53. The fraction of sp³-hybridized carbons (Fsp3) is 0.250. The SMILES string of the molecule is Oc1ccccc1.SCCS. The van der Waals surface area contributed by atoms with Gasteiger partial charge in [-0.15, -0.1) is 0 Å². The molecule has 0 aliphatic rings. The second-order valence-electron chi connectivity index (χ2n) is 1.78. The summed E-state index contributed by atoms with van der Waals surface area (Å²) in [5.41, 5.74) is 0. The molecule has 0 saturated heterocycles. The summed E-state index contributed by atoms with van der Waals surface area (Å²) >= 11 is 7.69. The highest BCUT2D eigenvalue weighted by molar-refractivity contribution is 7.84. The maximum atomic E-state index is 8.63. The summed E-state index contributed by atoms with van der Waals surface area (Å²) < 4.78 is 0. The minimum absolute atomic E-state index is 0.322. The zero-order valence-corrected chi connectivity index (χ0v) is 7.93. The van der Waals surface area contributed by atoms with E-state index in [1.54, 1.807) is 24.3 Å². The number of para-hydroxylation sites is 1. The number of aromatic hydroxyl groups is 1. The third-order valence-corrected chi connectivity index (χ3v) is 1.66. The van der Waals surface area contributed by atoms with Crippen LogP contribution in [0, 0.1) is 0 Å². The molecule has 0 aliphatic heterocycles. The Morgan fingerprint density at radius 2 is 1.45 bits per heavy atom. The van der Waals surface area contributed by atoms with Gasteiger partial charge in [0, 0.05) is 0 Å². The first-order valence-electron chi connectivity index (χ1n) is 3.27. The standard InChI is InChI=1S/C6H6O.C2H6S2/c7-6-4-2-1-3-5-6;3-1-2-4/h1-5,7H;3-4H,1-2H2. The summed E-state index contributed by atoms with van der Waals surface area (Å²) in [6.45, 7) is 0. The van der Waals surface area contributed by atoms with Crippen molar-refractivity contribution in [3.05, 3.63) is 30.3 Å². The Labute approximate surface area is 78.3 Å². The molecule has 0 aliphatic carbocycles. The fourth-order valence-corrected chi connectivity index (χ4v) is 0.428. The van der Waals surface area contributed by atoms with Crippen molar-refractivity contribution in [2.75, 3.05) is 11.5 Å². The van der Waals surface area contributed by atoms with Gasteiger partial charge in [-0.3, -0.25) is 0 Å². The van der Waals surface area contributed by atoms with Gasteiger partial charge in [-0.25, -0.2) is 0 Å². The van der Waals surface area contributed by atoms with Gasteiger partial charge in [0.15, 0.2) is 0 Å². The first-order chi connectivity index (χ1) is 5.31. The summed E-state index contributed by atoms with van der Waals surface area (Å²) in [4.78, 5) is 0. The van der Waals surface area contributed by atoms with Gasteiger partial charge in [0.05, 0.1) is 0 Å². The molecule has 0 spiro atoms. The van der Waals surface area contributed by atoms with Gasteiger partial charge in [0.25, 0.3) is 0 Å². The lowest BCUT2D eigenvalue weighted by Crippen LogP contribution is -1.64. The largest absolute Gasteiger partial charge is 0.508 e. The number of hydrogen-bond donors (Lipinski definition) is 3. The fourth-order valence-electron chi connectivity index (χ4n) is 0.428. The van der Waals surface area contributed by atoms with Crippen LogP contribution in [0.2, 0.25) is 0 Å². The molecule has 0 radical (unpaired) electrons. The van der Waals surface area contributed by atoms with E-state index in [0.717, 1.165) is 11.5 Å². The first kappa shape index (κ1) is 10.7. The molecular formula is C8H12OS2.